The van der Waals surface area contributed by atoms with Crippen LogP contribution in [0, 0.1) is 5.92 Å². The van der Waals surface area contributed by atoms with Crippen LogP contribution in [0.5, 0.6) is 17.2 Å². The van der Waals surface area contributed by atoms with Gasteiger partial charge in [-0.1, -0.05) is 19.3 Å². The highest BCUT2D eigenvalue weighted by Crippen LogP contribution is 2.51. The first-order valence-electron chi connectivity index (χ1n) is 12.0. The summed E-state index contributed by atoms with van der Waals surface area (Å²) in [4.78, 5) is 28.1. The zero-order valence-electron chi connectivity index (χ0n) is 20.0. The van der Waals surface area contributed by atoms with Gasteiger partial charge in [-0.3, -0.25) is 9.59 Å². The van der Waals surface area contributed by atoms with E-state index in [2.05, 4.69) is 21.2 Å². The zero-order valence-corrected chi connectivity index (χ0v) is 21.6. The average molecular weight is 541 g/mol. The monoisotopic (exact) mass is 540 g/mol. The van der Waals surface area contributed by atoms with Crippen molar-refractivity contribution in [2.45, 2.75) is 38.5 Å². The Kier molecular flexibility index (Phi) is 6.73. The smallest absolute Gasteiger partial charge is 0.231 e. The maximum absolute atomic E-state index is 13.6. The third-order valence-corrected chi connectivity index (χ3v) is 7.91. The van der Waals surface area contributed by atoms with Crippen molar-refractivity contribution >= 4 is 39.4 Å². The van der Waals surface area contributed by atoms with Gasteiger partial charge < -0.3 is 24.4 Å². The molecule has 0 atom stereocenters. The molecule has 0 saturated heterocycles. The highest BCUT2D eigenvalue weighted by molar-refractivity contribution is 9.10. The third kappa shape index (κ3) is 4.51. The summed E-state index contributed by atoms with van der Waals surface area (Å²) in [6.07, 6.45) is 7.91. The number of carbonyl (C=O) groups is 2. The number of rotatable bonds is 5. The standard InChI is InChI=1S/C27H29BrN2O5/c1-30-13-12-19-20(24(33-2)26-25(22(19)28)34-15-35-26)14-21(30)23(31)16-8-10-18(11-9-16)29-27(32)17-6-4-3-5-7-17/h8-11,14,17H,3-7,12-13,15H2,1-2H3,(H,29,32). The van der Waals surface area contributed by atoms with Crippen molar-refractivity contribution in [2.75, 3.05) is 32.8 Å². The molecular formula is C27H29BrN2O5. The molecule has 1 fully saturated rings. The summed E-state index contributed by atoms with van der Waals surface area (Å²) in [5.41, 5.74) is 3.66. The van der Waals surface area contributed by atoms with Gasteiger partial charge in [-0.25, -0.2) is 0 Å². The number of likely N-dealkylation sites (N-methyl/N-ethyl adjacent to an activating group) is 1. The summed E-state index contributed by atoms with van der Waals surface area (Å²) >= 11 is 3.67. The van der Waals surface area contributed by atoms with Gasteiger partial charge in [0.2, 0.25) is 24.2 Å². The molecule has 2 aromatic carbocycles. The van der Waals surface area contributed by atoms with Crippen molar-refractivity contribution in [1.82, 2.24) is 4.90 Å². The van der Waals surface area contributed by atoms with Gasteiger partial charge in [0.25, 0.3) is 0 Å². The van der Waals surface area contributed by atoms with Gasteiger partial charge >= 0.3 is 0 Å². The van der Waals surface area contributed by atoms with Crippen molar-refractivity contribution in [3.05, 3.63) is 51.1 Å². The number of fused-ring (bicyclic) bond motifs is 2. The van der Waals surface area contributed by atoms with E-state index >= 15 is 0 Å². The summed E-state index contributed by atoms with van der Waals surface area (Å²) in [5, 5.41) is 3.01. The predicted molar refractivity (Wildman–Crippen MR) is 137 cm³/mol. The van der Waals surface area contributed by atoms with Gasteiger partial charge in [-0.15, -0.1) is 0 Å². The number of hydrogen-bond acceptors (Lipinski definition) is 6. The number of nitrogens with zero attached hydrogens (tertiary/aromatic N) is 1. The van der Waals surface area contributed by atoms with E-state index < -0.39 is 0 Å². The lowest BCUT2D eigenvalue weighted by molar-refractivity contribution is -0.120. The topological polar surface area (TPSA) is 77.1 Å². The van der Waals surface area contributed by atoms with E-state index in [-0.39, 0.29) is 24.4 Å². The first kappa shape index (κ1) is 23.7. The maximum atomic E-state index is 13.6. The van der Waals surface area contributed by atoms with Crippen molar-refractivity contribution in [1.29, 1.82) is 0 Å². The number of allylic oxidation sites excluding steroid dienone is 1. The van der Waals surface area contributed by atoms with Crippen LogP contribution in [0.1, 0.15) is 53.6 Å². The fraction of sp³-hybridized carbons (Fsp3) is 0.407. The number of ketones is 1. The van der Waals surface area contributed by atoms with Crippen LogP contribution in [0.25, 0.3) is 6.08 Å². The van der Waals surface area contributed by atoms with Gasteiger partial charge in [0.1, 0.15) is 0 Å². The molecule has 1 aliphatic carbocycles. The number of halogens is 1. The highest BCUT2D eigenvalue weighted by Gasteiger charge is 2.31. The molecule has 8 heteroatoms. The van der Waals surface area contributed by atoms with Crippen molar-refractivity contribution in [3.8, 4) is 17.2 Å². The van der Waals surface area contributed by atoms with Crippen LogP contribution < -0.4 is 19.5 Å². The second-order valence-electron chi connectivity index (χ2n) is 9.24. The molecule has 35 heavy (non-hydrogen) atoms. The van der Waals surface area contributed by atoms with Crippen LogP contribution in [-0.4, -0.2) is 44.1 Å². The number of amides is 1. The van der Waals surface area contributed by atoms with E-state index in [9.17, 15) is 9.59 Å². The Labute approximate surface area is 213 Å². The van der Waals surface area contributed by atoms with Crippen LogP contribution in [-0.2, 0) is 11.2 Å². The van der Waals surface area contributed by atoms with Gasteiger partial charge in [0, 0.05) is 36.3 Å². The molecule has 0 unspecified atom stereocenters. The van der Waals surface area contributed by atoms with E-state index in [0.29, 0.717) is 47.2 Å². The molecule has 2 heterocycles. The molecule has 0 spiro atoms. The Morgan fingerprint density at radius 2 is 1.80 bits per heavy atom. The molecule has 1 saturated carbocycles. The van der Waals surface area contributed by atoms with Gasteiger partial charge in [-0.2, -0.15) is 0 Å². The van der Waals surface area contributed by atoms with E-state index in [1.54, 1.807) is 31.4 Å². The van der Waals surface area contributed by atoms with Crippen LogP contribution in [0.3, 0.4) is 0 Å². The van der Waals surface area contributed by atoms with Crippen LogP contribution >= 0.6 is 15.9 Å². The largest absolute Gasteiger partial charge is 0.492 e. The van der Waals surface area contributed by atoms with E-state index in [1.165, 1.54) is 6.42 Å². The number of methoxy groups -OCH3 is 1. The first-order chi connectivity index (χ1) is 17.0. The second kappa shape index (κ2) is 9.93. The van der Waals surface area contributed by atoms with Gasteiger partial charge in [0.05, 0.1) is 17.3 Å². The normalized spacial score (nSPS) is 17.3. The molecule has 3 aliphatic rings. The molecule has 2 aromatic rings. The quantitative estimate of drug-likeness (QED) is 0.510. The Morgan fingerprint density at radius 1 is 1.09 bits per heavy atom. The third-order valence-electron chi connectivity index (χ3n) is 7.07. The number of nitrogens with one attached hydrogen (secondary N) is 1. The van der Waals surface area contributed by atoms with Crippen molar-refractivity contribution in [2.24, 2.45) is 5.92 Å². The number of Topliss-reactive ketones (excluding diaryl/α,β-unsaturated/α-hetero) is 1. The lowest BCUT2D eigenvalue weighted by Gasteiger charge is -2.21. The molecule has 0 radical (unpaired) electrons. The van der Waals surface area contributed by atoms with E-state index in [1.807, 2.05) is 18.0 Å². The molecule has 7 nitrogen and oxygen atoms in total. The predicted octanol–water partition coefficient (Wildman–Crippen LogP) is 5.42. The molecule has 2 aliphatic heterocycles. The second-order valence-corrected chi connectivity index (χ2v) is 10.0. The Morgan fingerprint density at radius 3 is 2.51 bits per heavy atom. The minimum absolute atomic E-state index is 0.0722. The minimum atomic E-state index is -0.0960. The molecule has 0 aromatic heterocycles. The van der Waals surface area contributed by atoms with Crippen LogP contribution in [0.4, 0.5) is 5.69 Å². The highest BCUT2D eigenvalue weighted by atomic mass is 79.9. The van der Waals surface area contributed by atoms with Crippen molar-refractivity contribution in [3.63, 3.8) is 0 Å². The molecule has 0 bridgehead atoms. The summed E-state index contributed by atoms with van der Waals surface area (Å²) in [5.74, 6) is 1.81. The lowest BCUT2D eigenvalue weighted by Crippen LogP contribution is -2.25. The first-order valence-corrected chi connectivity index (χ1v) is 12.8. The minimum Gasteiger partial charge on any atom is -0.492 e. The summed E-state index contributed by atoms with van der Waals surface area (Å²) in [6, 6.07) is 7.14. The molecule has 1 N–H and O–H groups in total. The molecular weight excluding hydrogens is 512 g/mol. The summed E-state index contributed by atoms with van der Waals surface area (Å²) in [6.45, 7) is 0.785. The van der Waals surface area contributed by atoms with E-state index in [0.717, 1.165) is 41.3 Å². The summed E-state index contributed by atoms with van der Waals surface area (Å²) < 4.78 is 17.8. The fourth-order valence-corrected chi connectivity index (χ4v) is 5.78. The molecule has 5 rings (SSSR count). The van der Waals surface area contributed by atoms with Crippen molar-refractivity contribution < 1.29 is 23.8 Å². The summed E-state index contributed by atoms with van der Waals surface area (Å²) in [7, 11) is 3.51. The molecule has 184 valence electrons. The maximum Gasteiger partial charge on any atom is 0.231 e. The SMILES string of the molecule is COc1c2c(c(Br)c3c1OCO3)CCN(C)C(C(=O)c1ccc(NC(=O)C3CCCCC3)cc1)=C2. The fourth-order valence-electron chi connectivity index (χ4n) is 5.07. The number of ether oxygens (including phenoxy) is 3. The van der Waals surface area contributed by atoms with Gasteiger partial charge in [0.15, 0.2) is 11.5 Å². The number of anilines is 1. The Balaban J connectivity index is 1.42. The average Bonchev–Trinajstić information content (AvgIpc) is 3.30. The number of benzene rings is 2. The Hall–Kier alpha value is -3.00. The number of carbonyl (C=O) groups excluding carboxylic acids is 2. The molecule has 1 amide bonds. The lowest BCUT2D eigenvalue weighted by atomic mass is 9.88. The Bertz CT molecular complexity index is 1190. The van der Waals surface area contributed by atoms with Gasteiger partial charge in [-0.05, 0) is 71.1 Å². The zero-order chi connectivity index (χ0) is 24.5. The van der Waals surface area contributed by atoms with Crippen LogP contribution in [0.2, 0.25) is 0 Å². The van der Waals surface area contributed by atoms with E-state index in [4.69, 9.17) is 14.2 Å². The van der Waals surface area contributed by atoms with Crippen LogP contribution in [0.15, 0.2) is 34.4 Å². The number of hydrogen-bond donors (Lipinski definition) is 1.